The SMILES string of the molecule is O=c1[nH]ccc2cc(O[C@H]3CC[C@@H](NCC4CC4)CC3)c(Cl)cc12. The average molecular weight is 347 g/mol. The Morgan fingerprint density at radius 1 is 1.17 bits per heavy atom. The standard InChI is InChI=1S/C19H23ClN2O2/c20-17-10-16-13(7-8-21-19(16)23)9-18(17)24-15-5-3-14(4-6-15)22-11-12-1-2-12/h7-10,12,14-15,22H,1-6,11H2,(H,21,23)/t14-,15+. The van der Waals surface area contributed by atoms with Gasteiger partial charge < -0.3 is 15.0 Å². The molecular weight excluding hydrogens is 324 g/mol. The van der Waals surface area contributed by atoms with Crippen molar-refractivity contribution in [2.75, 3.05) is 6.54 Å². The first-order chi connectivity index (χ1) is 11.7. The van der Waals surface area contributed by atoms with Crippen LogP contribution in [0.3, 0.4) is 0 Å². The lowest BCUT2D eigenvalue weighted by Crippen LogP contribution is -2.37. The van der Waals surface area contributed by atoms with Crippen LogP contribution in [0.25, 0.3) is 10.8 Å². The minimum atomic E-state index is -0.122. The number of aromatic amines is 1. The second-order valence-electron chi connectivity index (χ2n) is 7.12. The van der Waals surface area contributed by atoms with Crippen molar-refractivity contribution in [1.29, 1.82) is 0 Å². The number of halogens is 1. The molecule has 2 N–H and O–H groups in total. The molecule has 0 unspecified atom stereocenters. The fraction of sp³-hybridized carbons (Fsp3) is 0.526. The first kappa shape index (κ1) is 16.0. The lowest BCUT2D eigenvalue weighted by atomic mass is 9.93. The molecule has 0 atom stereocenters. The number of H-pyrrole nitrogens is 1. The van der Waals surface area contributed by atoms with Gasteiger partial charge in [-0.3, -0.25) is 4.79 Å². The molecule has 0 amide bonds. The van der Waals surface area contributed by atoms with E-state index in [1.807, 2.05) is 12.1 Å². The molecule has 0 spiro atoms. The van der Waals surface area contributed by atoms with Crippen molar-refractivity contribution in [3.05, 3.63) is 39.8 Å². The van der Waals surface area contributed by atoms with Crippen molar-refractivity contribution in [3.63, 3.8) is 0 Å². The predicted octanol–water partition coefficient (Wildman–Crippen LogP) is 3.87. The number of ether oxygens (including phenoxy) is 1. The summed E-state index contributed by atoms with van der Waals surface area (Å²) in [6.45, 7) is 1.18. The summed E-state index contributed by atoms with van der Waals surface area (Å²) in [5.74, 6) is 1.61. The van der Waals surface area contributed by atoms with E-state index in [0.717, 1.165) is 37.0 Å². The van der Waals surface area contributed by atoms with Gasteiger partial charge in [-0.2, -0.15) is 0 Å². The van der Waals surface area contributed by atoms with Gasteiger partial charge in [-0.15, -0.1) is 0 Å². The Bertz CT molecular complexity index is 777. The Kier molecular flexibility index (Phi) is 4.51. The van der Waals surface area contributed by atoms with Crippen LogP contribution >= 0.6 is 11.6 Å². The van der Waals surface area contributed by atoms with E-state index < -0.39 is 0 Å². The van der Waals surface area contributed by atoms with E-state index in [0.29, 0.717) is 22.2 Å². The fourth-order valence-corrected chi connectivity index (χ4v) is 3.71. The Morgan fingerprint density at radius 3 is 2.71 bits per heavy atom. The molecule has 2 fully saturated rings. The first-order valence-corrected chi connectivity index (χ1v) is 9.28. The zero-order valence-corrected chi connectivity index (χ0v) is 14.4. The van der Waals surface area contributed by atoms with Gasteiger partial charge in [0.15, 0.2) is 0 Å². The summed E-state index contributed by atoms with van der Waals surface area (Å²) >= 11 is 6.32. The minimum Gasteiger partial charge on any atom is -0.489 e. The van der Waals surface area contributed by atoms with E-state index in [1.54, 1.807) is 12.3 Å². The number of fused-ring (bicyclic) bond motifs is 1. The molecule has 2 aromatic rings. The summed E-state index contributed by atoms with van der Waals surface area (Å²) in [6, 6.07) is 6.09. The van der Waals surface area contributed by atoms with Crippen molar-refractivity contribution >= 4 is 22.4 Å². The molecule has 128 valence electrons. The number of rotatable bonds is 5. The van der Waals surface area contributed by atoms with Gasteiger partial charge >= 0.3 is 0 Å². The van der Waals surface area contributed by atoms with E-state index in [9.17, 15) is 4.79 Å². The summed E-state index contributed by atoms with van der Waals surface area (Å²) in [5, 5.41) is 5.66. The molecule has 2 aliphatic carbocycles. The quantitative estimate of drug-likeness (QED) is 0.864. The molecule has 0 aliphatic heterocycles. The van der Waals surface area contributed by atoms with Crippen LogP contribution in [0.5, 0.6) is 5.75 Å². The van der Waals surface area contributed by atoms with Gasteiger partial charge in [0.25, 0.3) is 5.56 Å². The van der Waals surface area contributed by atoms with Gasteiger partial charge in [0.05, 0.1) is 11.1 Å². The molecule has 2 aliphatic rings. The molecule has 0 saturated heterocycles. The third-order valence-corrected chi connectivity index (χ3v) is 5.48. The number of aromatic nitrogens is 1. The minimum absolute atomic E-state index is 0.122. The third kappa shape index (κ3) is 3.60. The summed E-state index contributed by atoms with van der Waals surface area (Å²) < 4.78 is 6.15. The van der Waals surface area contributed by atoms with E-state index in [-0.39, 0.29) is 11.7 Å². The number of nitrogens with one attached hydrogen (secondary N) is 2. The zero-order valence-electron chi connectivity index (χ0n) is 13.7. The second-order valence-corrected chi connectivity index (χ2v) is 7.53. The van der Waals surface area contributed by atoms with Crippen molar-refractivity contribution in [3.8, 4) is 5.75 Å². The number of pyridine rings is 1. The number of benzene rings is 1. The maximum Gasteiger partial charge on any atom is 0.255 e. The van der Waals surface area contributed by atoms with Crippen LogP contribution in [0.15, 0.2) is 29.2 Å². The molecule has 4 nitrogen and oxygen atoms in total. The molecular formula is C19H23ClN2O2. The highest BCUT2D eigenvalue weighted by atomic mass is 35.5. The molecule has 2 saturated carbocycles. The molecule has 1 aromatic heterocycles. The summed E-state index contributed by atoms with van der Waals surface area (Å²) in [4.78, 5) is 14.5. The van der Waals surface area contributed by atoms with Gasteiger partial charge in [0.1, 0.15) is 5.75 Å². The summed E-state index contributed by atoms with van der Waals surface area (Å²) in [5.41, 5.74) is -0.122. The Hall–Kier alpha value is -1.52. The zero-order chi connectivity index (χ0) is 16.5. The maximum absolute atomic E-state index is 11.8. The predicted molar refractivity (Wildman–Crippen MR) is 97.0 cm³/mol. The topological polar surface area (TPSA) is 54.1 Å². The van der Waals surface area contributed by atoms with Gasteiger partial charge in [0, 0.05) is 17.6 Å². The highest BCUT2D eigenvalue weighted by Gasteiger charge is 2.26. The van der Waals surface area contributed by atoms with Crippen LogP contribution in [0.2, 0.25) is 5.02 Å². The molecule has 5 heteroatoms. The lowest BCUT2D eigenvalue weighted by molar-refractivity contribution is 0.139. The second kappa shape index (κ2) is 6.77. The highest BCUT2D eigenvalue weighted by molar-refractivity contribution is 6.32. The van der Waals surface area contributed by atoms with Crippen molar-refractivity contribution in [2.45, 2.75) is 50.7 Å². The monoisotopic (exact) mass is 346 g/mol. The van der Waals surface area contributed by atoms with E-state index in [4.69, 9.17) is 16.3 Å². The summed E-state index contributed by atoms with van der Waals surface area (Å²) in [7, 11) is 0. The molecule has 1 aromatic carbocycles. The Morgan fingerprint density at radius 2 is 1.96 bits per heavy atom. The average Bonchev–Trinajstić information content (AvgIpc) is 3.40. The van der Waals surface area contributed by atoms with Crippen LogP contribution in [0.4, 0.5) is 0 Å². The largest absolute Gasteiger partial charge is 0.489 e. The van der Waals surface area contributed by atoms with Gasteiger partial charge in [-0.25, -0.2) is 0 Å². The molecule has 1 heterocycles. The van der Waals surface area contributed by atoms with Gasteiger partial charge in [-0.05, 0) is 74.6 Å². The Balaban J connectivity index is 1.39. The van der Waals surface area contributed by atoms with E-state index in [2.05, 4.69) is 10.3 Å². The summed E-state index contributed by atoms with van der Waals surface area (Å²) in [6.07, 6.45) is 9.06. The normalized spacial score (nSPS) is 24.2. The third-order valence-electron chi connectivity index (χ3n) is 5.19. The molecule has 24 heavy (non-hydrogen) atoms. The van der Waals surface area contributed by atoms with Crippen LogP contribution in [0.1, 0.15) is 38.5 Å². The van der Waals surface area contributed by atoms with Crippen LogP contribution in [0, 0.1) is 5.92 Å². The van der Waals surface area contributed by atoms with Crippen molar-refractivity contribution in [1.82, 2.24) is 10.3 Å². The van der Waals surface area contributed by atoms with Crippen LogP contribution in [-0.4, -0.2) is 23.7 Å². The molecule has 4 rings (SSSR count). The van der Waals surface area contributed by atoms with Crippen molar-refractivity contribution in [2.24, 2.45) is 5.92 Å². The smallest absolute Gasteiger partial charge is 0.255 e. The number of hydrogen-bond acceptors (Lipinski definition) is 3. The lowest BCUT2D eigenvalue weighted by Gasteiger charge is -2.30. The molecule has 0 radical (unpaired) electrons. The van der Waals surface area contributed by atoms with Gasteiger partial charge in [-0.1, -0.05) is 11.6 Å². The van der Waals surface area contributed by atoms with Crippen molar-refractivity contribution < 1.29 is 4.74 Å². The van der Waals surface area contributed by atoms with Gasteiger partial charge in [0.2, 0.25) is 0 Å². The van der Waals surface area contributed by atoms with E-state index >= 15 is 0 Å². The van der Waals surface area contributed by atoms with E-state index in [1.165, 1.54) is 19.4 Å². The molecule has 0 bridgehead atoms. The van der Waals surface area contributed by atoms with Crippen LogP contribution < -0.4 is 15.6 Å². The van der Waals surface area contributed by atoms with Crippen LogP contribution in [-0.2, 0) is 0 Å². The Labute approximate surface area is 146 Å². The highest BCUT2D eigenvalue weighted by Crippen LogP contribution is 2.33. The first-order valence-electron chi connectivity index (χ1n) is 8.90. The number of hydrogen-bond donors (Lipinski definition) is 2. The fourth-order valence-electron chi connectivity index (χ4n) is 3.50. The maximum atomic E-state index is 11.8.